The van der Waals surface area contributed by atoms with Gasteiger partial charge in [-0.05, 0) is 32.6 Å². The molecule has 1 saturated heterocycles. The third-order valence-corrected chi connectivity index (χ3v) is 3.05. The van der Waals surface area contributed by atoms with Gasteiger partial charge >= 0.3 is 0 Å². The maximum atomic E-state index is 11.7. The quantitative estimate of drug-likeness (QED) is 0.660. The van der Waals surface area contributed by atoms with E-state index in [0.29, 0.717) is 12.0 Å². The Labute approximate surface area is 80.3 Å². The molecule has 1 aliphatic rings. The second-order valence-electron chi connectivity index (χ2n) is 4.18. The van der Waals surface area contributed by atoms with Crippen LogP contribution < -0.4 is 5.73 Å². The molecule has 1 fully saturated rings. The van der Waals surface area contributed by atoms with Gasteiger partial charge in [-0.3, -0.25) is 4.79 Å². The van der Waals surface area contributed by atoms with E-state index < -0.39 is 0 Å². The molecule has 2 N–H and O–H groups in total. The van der Waals surface area contributed by atoms with E-state index in [1.54, 1.807) is 6.92 Å². The molecule has 0 radical (unpaired) electrons. The maximum Gasteiger partial charge on any atom is 0.239 e. The van der Waals surface area contributed by atoms with Crippen LogP contribution >= 0.6 is 0 Å². The van der Waals surface area contributed by atoms with Crippen molar-refractivity contribution < 1.29 is 4.79 Å². The standard InChI is InChI=1S/C10H20N2O/c1-7-5-4-6-12(9(7)3)10(13)8(2)11/h7-9H,4-6,11H2,1-3H3/t7?,8-,9?/m1/s1. The zero-order valence-corrected chi connectivity index (χ0v) is 8.79. The van der Waals surface area contributed by atoms with Gasteiger partial charge in [0.25, 0.3) is 0 Å². The van der Waals surface area contributed by atoms with Gasteiger partial charge in [0.1, 0.15) is 0 Å². The Balaban J connectivity index is 2.62. The Hall–Kier alpha value is -0.570. The summed E-state index contributed by atoms with van der Waals surface area (Å²) in [7, 11) is 0. The van der Waals surface area contributed by atoms with Crippen LogP contribution in [0.4, 0.5) is 0 Å². The van der Waals surface area contributed by atoms with Gasteiger partial charge < -0.3 is 10.6 Å². The van der Waals surface area contributed by atoms with Crippen molar-refractivity contribution in [1.29, 1.82) is 0 Å². The van der Waals surface area contributed by atoms with Crippen LogP contribution in [0.3, 0.4) is 0 Å². The number of amides is 1. The highest BCUT2D eigenvalue weighted by Gasteiger charge is 2.29. The van der Waals surface area contributed by atoms with Crippen LogP contribution in [0.2, 0.25) is 0 Å². The van der Waals surface area contributed by atoms with Crippen LogP contribution in [-0.2, 0) is 4.79 Å². The summed E-state index contributed by atoms with van der Waals surface area (Å²) in [5.41, 5.74) is 5.58. The lowest BCUT2D eigenvalue weighted by molar-refractivity contribution is -0.136. The lowest BCUT2D eigenvalue weighted by Crippen LogP contribution is -2.51. The van der Waals surface area contributed by atoms with E-state index in [9.17, 15) is 4.79 Å². The summed E-state index contributed by atoms with van der Waals surface area (Å²) in [6.07, 6.45) is 2.34. The van der Waals surface area contributed by atoms with Crippen molar-refractivity contribution in [2.75, 3.05) is 6.54 Å². The Morgan fingerprint density at radius 1 is 1.54 bits per heavy atom. The zero-order chi connectivity index (χ0) is 10.0. The molecular weight excluding hydrogens is 164 g/mol. The van der Waals surface area contributed by atoms with Gasteiger partial charge in [-0.2, -0.15) is 0 Å². The third kappa shape index (κ3) is 2.21. The van der Waals surface area contributed by atoms with Gasteiger partial charge in [0, 0.05) is 12.6 Å². The minimum Gasteiger partial charge on any atom is -0.338 e. The van der Waals surface area contributed by atoms with Crippen LogP contribution in [0.5, 0.6) is 0 Å². The number of hydrogen-bond donors (Lipinski definition) is 1. The van der Waals surface area contributed by atoms with Crippen molar-refractivity contribution in [2.45, 2.75) is 45.7 Å². The fourth-order valence-electron chi connectivity index (χ4n) is 1.91. The predicted octanol–water partition coefficient (Wildman–Crippen LogP) is 0.981. The van der Waals surface area contributed by atoms with E-state index in [0.717, 1.165) is 13.0 Å². The number of rotatable bonds is 1. The molecule has 1 amide bonds. The molecule has 0 aromatic carbocycles. The molecule has 13 heavy (non-hydrogen) atoms. The van der Waals surface area contributed by atoms with E-state index in [2.05, 4.69) is 13.8 Å². The summed E-state index contributed by atoms with van der Waals surface area (Å²) in [4.78, 5) is 13.6. The van der Waals surface area contributed by atoms with Crippen LogP contribution in [0.25, 0.3) is 0 Å². The van der Waals surface area contributed by atoms with Crippen LogP contribution in [0, 0.1) is 5.92 Å². The van der Waals surface area contributed by atoms with Crippen molar-refractivity contribution in [3.05, 3.63) is 0 Å². The first-order valence-electron chi connectivity index (χ1n) is 5.10. The highest BCUT2D eigenvalue weighted by molar-refractivity contribution is 5.81. The number of hydrogen-bond acceptors (Lipinski definition) is 2. The number of likely N-dealkylation sites (tertiary alicyclic amines) is 1. The number of carbonyl (C=O) groups excluding carboxylic acids is 1. The zero-order valence-electron chi connectivity index (χ0n) is 8.79. The molecule has 2 unspecified atom stereocenters. The highest BCUT2D eigenvalue weighted by Crippen LogP contribution is 2.22. The maximum absolute atomic E-state index is 11.7. The summed E-state index contributed by atoms with van der Waals surface area (Å²) in [6, 6.07) is -0.000000000000000222. The molecule has 76 valence electrons. The first-order chi connectivity index (χ1) is 6.04. The largest absolute Gasteiger partial charge is 0.338 e. The molecule has 0 aliphatic carbocycles. The molecule has 1 rings (SSSR count). The third-order valence-electron chi connectivity index (χ3n) is 3.05. The van der Waals surface area contributed by atoms with Gasteiger partial charge in [0.2, 0.25) is 5.91 Å². The fraction of sp³-hybridized carbons (Fsp3) is 0.900. The van der Waals surface area contributed by atoms with Crippen LogP contribution in [0.15, 0.2) is 0 Å². The number of nitrogens with two attached hydrogens (primary N) is 1. The lowest BCUT2D eigenvalue weighted by atomic mass is 9.91. The summed E-state index contributed by atoms with van der Waals surface area (Å²) in [5, 5.41) is 0. The Morgan fingerprint density at radius 2 is 2.15 bits per heavy atom. The minimum absolute atomic E-state index is 0.0963. The monoisotopic (exact) mass is 184 g/mol. The van der Waals surface area contributed by atoms with Crippen molar-refractivity contribution in [2.24, 2.45) is 11.7 Å². The van der Waals surface area contributed by atoms with Gasteiger partial charge in [0.05, 0.1) is 6.04 Å². The Morgan fingerprint density at radius 3 is 2.69 bits per heavy atom. The molecule has 0 bridgehead atoms. The molecule has 1 aliphatic heterocycles. The summed E-state index contributed by atoms with van der Waals surface area (Å²) < 4.78 is 0. The summed E-state index contributed by atoms with van der Waals surface area (Å²) >= 11 is 0. The lowest BCUT2D eigenvalue weighted by Gasteiger charge is -2.38. The van der Waals surface area contributed by atoms with E-state index in [4.69, 9.17) is 5.73 Å². The number of carbonyl (C=O) groups is 1. The van der Waals surface area contributed by atoms with Crippen molar-refractivity contribution in [3.8, 4) is 0 Å². The van der Waals surface area contributed by atoms with Gasteiger partial charge in [0.15, 0.2) is 0 Å². The topological polar surface area (TPSA) is 46.3 Å². The average molecular weight is 184 g/mol. The molecule has 0 spiro atoms. The number of piperidine rings is 1. The predicted molar refractivity (Wildman–Crippen MR) is 53.2 cm³/mol. The minimum atomic E-state index is -0.354. The average Bonchev–Trinajstić information content (AvgIpc) is 2.08. The van der Waals surface area contributed by atoms with Crippen molar-refractivity contribution >= 4 is 5.91 Å². The van der Waals surface area contributed by atoms with Crippen LogP contribution in [0.1, 0.15) is 33.6 Å². The SMILES string of the molecule is CC1CCCN(C(=O)[C@@H](C)N)C1C. The molecular formula is C10H20N2O. The van der Waals surface area contributed by atoms with Gasteiger partial charge in [-0.1, -0.05) is 6.92 Å². The fourth-order valence-corrected chi connectivity index (χ4v) is 1.91. The van der Waals surface area contributed by atoms with E-state index in [1.165, 1.54) is 6.42 Å². The highest BCUT2D eigenvalue weighted by atomic mass is 16.2. The molecule has 0 aromatic rings. The molecule has 3 atom stereocenters. The van der Waals surface area contributed by atoms with Gasteiger partial charge in [-0.25, -0.2) is 0 Å². The summed E-state index contributed by atoms with van der Waals surface area (Å²) in [5.74, 6) is 0.704. The Kier molecular flexibility index (Phi) is 3.31. The molecule has 0 aromatic heterocycles. The molecule has 3 nitrogen and oxygen atoms in total. The first-order valence-corrected chi connectivity index (χ1v) is 5.10. The molecule has 3 heteroatoms. The first kappa shape index (κ1) is 10.5. The van der Waals surface area contributed by atoms with E-state index in [-0.39, 0.29) is 11.9 Å². The van der Waals surface area contributed by atoms with Crippen molar-refractivity contribution in [1.82, 2.24) is 4.90 Å². The van der Waals surface area contributed by atoms with Crippen LogP contribution in [-0.4, -0.2) is 29.4 Å². The smallest absolute Gasteiger partial charge is 0.239 e. The van der Waals surface area contributed by atoms with E-state index >= 15 is 0 Å². The summed E-state index contributed by atoms with van der Waals surface area (Å²) in [6.45, 7) is 6.95. The number of nitrogens with zero attached hydrogens (tertiary/aromatic N) is 1. The second kappa shape index (κ2) is 4.09. The molecule has 1 heterocycles. The normalized spacial score (nSPS) is 31.5. The Bertz CT molecular complexity index is 191. The van der Waals surface area contributed by atoms with E-state index in [1.807, 2.05) is 4.90 Å². The molecule has 0 saturated carbocycles. The second-order valence-corrected chi connectivity index (χ2v) is 4.18. The van der Waals surface area contributed by atoms with Gasteiger partial charge in [-0.15, -0.1) is 0 Å². The van der Waals surface area contributed by atoms with Crippen molar-refractivity contribution in [3.63, 3.8) is 0 Å².